The third-order valence-corrected chi connectivity index (χ3v) is 9.05. The summed E-state index contributed by atoms with van der Waals surface area (Å²) in [5.74, 6) is 2.12. The van der Waals surface area contributed by atoms with Gasteiger partial charge in [-0.15, -0.1) is 0 Å². The number of aliphatic hydroxyl groups excluding tert-OH is 1. The van der Waals surface area contributed by atoms with Crippen molar-refractivity contribution in [1.82, 2.24) is 0 Å². The molecule has 3 fully saturated rings. The summed E-state index contributed by atoms with van der Waals surface area (Å²) in [6.07, 6.45) is 6.11. The zero-order valence-corrected chi connectivity index (χ0v) is 16.1. The van der Waals surface area contributed by atoms with Crippen LogP contribution < -0.4 is 0 Å². The molecule has 3 saturated carbocycles. The molecule has 6 unspecified atom stereocenters. The van der Waals surface area contributed by atoms with Crippen LogP contribution in [0.5, 0.6) is 0 Å². The summed E-state index contributed by atoms with van der Waals surface area (Å²) in [7, 11) is 0. The third kappa shape index (κ3) is 2.95. The Balaban J connectivity index is 1.54. The molecule has 148 valence electrons. The molecule has 4 aliphatic carbocycles. The molecule has 0 bridgehead atoms. The lowest BCUT2D eigenvalue weighted by atomic mass is 9.47. The van der Waals surface area contributed by atoms with Crippen LogP contribution in [0.4, 0.5) is 13.2 Å². The average molecular weight is 370 g/mol. The van der Waals surface area contributed by atoms with E-state index in [9.17, 15) is 18.3 Å². The molecule has 1 N–H and O–H groups in total. The van der Waals surface area contributed by atoms with Crippen LogP contribution in [-0.2, 0) is 0 Å². The van der Waals surface area contributed by atoms with Crippen molar-refractivity contribution in [2.45, 2.75) is 90.3 Å². The van der Waals surface area contributed by atoms with Crippen molar-refractivity contribution in [2.75, 3.05) is 0 Å². The lowest BCUT2D eigenvalue weighted by Gasteiger charge is -2.58. The van der Waals surface area contributed by atoms with Crippen LogP contribution in [0.25, 0.3) is 0 Å². The van der Waals surface area contributed by atoms with Crippen LogP contribution in [0.15, 0.2) is 11.6 Å². The molecule has 0 heterocycles. The van der Waals surface area contributed by atoms with Crippen LogP contribution in [0.1, 0.15) is 78.1 Å². The lowest BCUT2D eigenvalue weighted by molar-refractivity contribution is -0.141. The Morgan fingerprint density at radius 1 is 1.08 bits per heavy atom. The third-order valence-electron chi connectivity index (χ3n) is 9.05. The second kappa shape index (κ2) is 6.25. The number of rotatable bonds is 2. The van der Waals surface area contributed by atoms with Gasteiger partial charge in [0.05, 0.1) is 6.10 Å². The Hall–Kier alpha value is -0.510. The maximum atomic E-state index is 12.8. The fourth-order valence-electron chi connectivity index (χ4n) is 7.56. The van der Waals surface area contributed by atoms with Gasteiger partial charge >= 0.3 is 6.18 Å². The zero-order valence-electron chi connectivity index (χ0n) is 16.1. The molecule has 0 aromatic rings. The van der Waals surface area contributed by atoms with E-state index in [-0.39, 0.29) is 22.9 Å². The van der Waals surface area contributed by atoms with Gasteiger partial charge < -0.3 is 5.11 Å². The molecule has 0 aromatic heterocycles. The SMILES string of the molecule is CC12CC[C@H](O)CC1=CCC1C2CCC2(C)C(CCC(F)(F)F)CCC12. The fourth-order valence-corrected chi connectivity index (χ4v) is 7.56. The highest BCUT2D eigenvalue weighted by Gasteiger charge is 2.58. The smallest absolute Gasteiger partial charge is 0.389 e. The molecule has 0 saturated heterocycles. The maximum absolute atomic E-state index is 12.8. The first-order valence-corrected chi connectivity index (χ1v) is 10.6. The Morgan fingerprint density at radius 2 is 1.85 bits per heavy atom. The Kier molecular flexibility index (Phi) is 4.53. The van der Waals surface area contributed by atoms with Crippen LogP contribution in [0, 0.1) is 34.5 Å². The van der Waals surface area contributed by atoms with Crippen LogP contribution >= 0.6 is 0 Å². The number of hydrogen-bond acceptors (Lipinski definition) is 1. The molecule has 26 heavy (non-hydrogen) atoms. The largest absolute Gasteiger partial charge is 0.393 e. The van der Waals surface area contributed by atoms with Gasteiger partial charge in [-0.3, -0.25) is 0 Å². The number of alkyl halides is 3. The quantitative estimate of drug-likeness (QED) is 0.568. The summed E-state index contributed by atoms with van der Waals surface area (Å²) in [5, 5.41) is 10.1. The summed E-state index contributed by atoms with van der Waals surface area (Å²) < 4.78 is 38.3. The van der Waals surface area contributed by atoms with Crippen molar-refractivity contribution in [1.29, 1.82) is 0 Å². The fraction of sp³-hybridized carbons (Fsp3) is 0.909. The minimum Gasteiger partial charge on any atom is -0.393 e. The van der Waals surface area contributed by atoms with Crippen molar-refractivity contribution in [2.24, 2.45) is 34.5 Å². The Morgan fingerprint density at radius 3 is 2.58 bits per heavy atom. The second-order valence-corrected chi connectivity index (χ2v) is 10.1. The molecular weight excluding hydrogens is 337 g/mol. The molecule has 0 spiro atoms. The van der Waals surface area contributed by atoms with Crippen molar-refractivity contribution < 1.29 is 18.3 Å². The number of hydrogen-bond donors (Lipinski definition) is 1. The monoisotopic (exact) mass is 370 g/mol. The van der Waals surface area contributed by atoms with Gasteiger partial charge in [0.1, 0.15) is 0 Å². The first-order chi connectivity index (χ1) is 12.1. The first kappa shape index (κ1) is 18.8. The van der Waals surface area contributed by atoms with Crippen LogP contribution in [0.3, 0.4) is 0 Å². The first-order valence-electron chi connectivity index (χ1n) is 10.6. The van der Waals surface area contributed by atoms with E-state index in [1.807, 2.05) is 0 Å². The van der Waals surface area contributed by atoms with Crippen molar-refractivity contribution in [3.8, 4) is 0 Å². The van der Waals surface area contributed by atoms with E-state index in [0.29, 0.717) is 24.2 Å². The van der Waals surface area contributed by atoms with Gasteiger partial charge in [-0.2, -0.15) is 13.2 Å². The number of halogens is 3. The predicted octanol–water partition coefficient (Wildman–Crippen LogP) is 6.27. The van der Waals surface area contributed by atoms with E-state index in [1.165, 1.54) is 5.57 Å². The molecule has 1 nitrogen and oxygen atoms in total. The van der Waals surface area contributed by atoms with E-state index in [4.69, 9.17) is 0 Å². The predicted molar refractivity (Wildman–Crippen MR) is 96.5 cm³/mol. The Labute approximate surface area is 155 Å². The van der Waals surface area contributed by atoms with E-state index >= 15 is 0 Å². The lowest BCUT2D eigenvalue weighted by Crippen LogP contribution is -2.50. The Bertz CT molecular complexity index is 582. The van der Waals surface area contributed by atoms with Crippen LogP contribution in [-0.4, -0.2) is 17.4 Å². The van der Waals surface area contributed by atoms with Gasteiger partial charge in [0.2, 0.25) is 0 Å². The molecule has 0 radical (unpaired) electrons. The van der Waals surface area contributed by atoms with Crippen molar-refractivity contribution >= 4 is 0 Å². The van der Waals surface area contributed by atoms with Gasteiger partial charge in [0.15, 0.2) is 0 Å². The molecule has 0 amide bonds. The summed E-state index contributed by atoms with van der Waals surface area (Å²) in [6, 6.07) is 0. The van der Waals surface area contributed by atoms with E-state index in [2.05, 4.69) is 19.9 Å². The summed E-state index contributed by atoms with van der Waals surface area (Å²) in [4.78, 5) is 0. The molecule has 7 atom stereocenters. The van der Waals surface area contributed by atoms with Crippen molar-refractivity contribution in [3.05, 3.63) is 11.6 Å². The molecule has 4 aliphatic rings. The highest BCUT2D eigenvalue weighted by molar-refractivity contribution is 5.25. The minimum atomic E-state index is -4.02. The number of aliphatic hydroxyl groups is 1. The highest BCUT2D eigenvalue weighted by atomic mass is 19.4. The number of allylic oxidation sites excluding steroid dienone is 1. The van der Waals surface area contributed by atoms with E-state index < -0.39 is 12.6 Å². The zero-order chi connectivity index (χ0) is 18.7. The molecule has 4 heteroatoms. The highest BCUT2D eigenvalue weighted by Crippen LogP contribution is 2.66. The topological polar surface area (TPSA) is 20.2 Å². The molecule has 4 rings (SSSR count). The second-order valence-electron chi connectivity index (χ2n) is 10.1. The van der Waals surface area contributed by atoms with E-state index in [0.717, 1.165) is 51.4 Å². The van der Waals surface area contributed by atoms with Crippen molar-refractivity contribution in [3.63, 3.8) is 0 Å². The maximum Gasteiger partial charge on any atom is 0.389 e. The summed E-state index contributed by atoms with van der Waals surface area (Å²) in [6.45, 7) is 4.70. The molecule has 0 aliphatic heterocycles. The molecular formula is C22H33F3O. The molecule has 0 aromatic carbocycles. The van der Waals surface area contributed by atoms with Gasteiger partial charge in [0.25, 0.3) is 0 Å². The van der Waals surface area contributed by atoms with Gasteiger partial charge in [-0.1, -0.05) is 25.5 Å². The van der Waals surface area contributed by atoms with Gasteiger partial charge in [0, 0.05) is 6.42 Å². The van der Waals surface area contributed by atoms with E-state index in [1.54, 1.807) is 0 Å². The van der Waals surface area contributed by atoms with Gasteiger partial charge in [-0.05, 0) is 92.3 Å². The van der Waals surface area contributed by atoms with Gasteiger partial charge in [-0.25, -0.2) is 0 Å². The average Bonchev–Trinajstić information content (AvgIpc) is 2.89. The normalized spacial score (nSPS) is 48.4. The standard InChI is InChI=1S/C22H33F3O/c1-20-11-9-19-17(5-3-15-13-16(26)8-10-21(15,19)2)18(20)6-4-14(20)7-12-22(23,24)25/h3,14,16-19,26H,4-13H2,1-2H3/t14?,16-,17?,18?,19?,20?,21?/m0/s1. The minimum absolute atomic E-state index is 0.0995. The summed E-state index contributed by atoms with van der Waals surface area (Å²) in [5.41, 5.74) is 1.78. The van der Waals surface area contributed by atoms with Crippen LogP contribution in [0.2, 0.25) is 0 Å². The summed E-state index contributed by atoms with van der Waals surface area (Å²) >= 11 is 0. The number of fused-ring (bicyclic) bond motifs is 5.